The highest BCUT2D eigenvalue weighted by Gasteiger charge is 2.32. The Balaban J connectivity index is 1.31. The van der Waals surface area contributed by atoms with Crippen LogP contribution in [0.3, 0.4) is 0 Å². The molecule has 0 unspecified atom stereocenters. The van der Waals surface area contributed by atoms with Crippen molar-refractivity contribution in [2.75, 3.05) is 11.9 Å². The first-order valence-electron chi connectivity index (χ1n) is 10.6. The Morgan fingerprint density at radius 2 is 1.81 bits per heavy atom. The number of hydrogen-bond donors (Lipinski definition) is 2. The van der Waals surface area contributed by atoms with Crippen molar-refractivity contribution in [1.82, 2.24) is 10.3 Å². The number of nitrogens with one attached hydrogen (secondary N) is 2. The summed E-state index contributed by atoms with van der Waals surface area (Å²) in [5.74, 6) is -0.122. The third kappa shape index (κ3) is 5.15. The molecule has 1 aliphatic rings. The smallest absolute Gasteiger partial charge is 0.383 e. The first-order chi connectivity index (χ1) is 15.3. The molecule has 0 saturated heterocycles. The Hall–Kier alpha value is -2.80. The van der Waals surface area contributed by atoms with E-state index in [9.17, 15) is 18.0 Å². The summed E-state index contributed by atoms with van der Waals surface area (Å²) in [6, 6.07) is 12.7. The zero-order valence-corrected chi connectivity index (χ0v) is 18.0. The molecule has 4 nitrogen and oxygen atoms in total. The minimum Gasteiger partial charge on any atom is -0.383 e. The summed E-state index contributed by atoms with van der Waals surface area (Å²) in [5.41, 5.74) is 0.908. The molecular formula is C24H23ClF3N3O. The normalized spacial score (nSPS) is 19.0. The van der Waals surface area contributed by atoms with Gasteiger partial charge >= 0.3 is 6.18 Å². The van der Waals surface area contributed by atoms with Crippen LogP contribution in [0.2, 0.25) is 5.02 Å². The number of halogens is 4. The van der Waals surface area contributed by atoms with Crippen LogP contribution in [-0.4, -0.2) is 23.5 Å². The highest BCUT2D eigenvalue weighted by molar-refractivity contribution is 6.33. The molecule has 0 bridgehead atoms. The van der Waals surface area contributed by atoms with E-state index in [2.05, 4.69) is 15.6 Å². The topological polar surface area (TPSA) is 54.0 Å². The Labute approximate surface area is 189 Å². The third-order valence-corrected chi connectivity index (χ3v) is 6.26. The van der Waals surface area contributed by atoms with Gasteiger partial charge in [-0.15, -0.1) is 0 Å². The predicted molar refractivity (Wildman–Crippen MR) is 120 cm³/mol. The van der Waals surface area contributed by atoms with Crippen molar-refractivity contribution in [2.45, 2.75) is 37.9 Å². The Bertz CT molecular complexity index is 1110. The molecule has 0 atom stereocenters. The molecular weight excluding hydrogens is 439 g/mol. The number of alkyl halides is 3. The van der Waals surface area contributed by atoms with Gasteiger partial charge < -0.3 is 10.6 Å². The van der Waals surface area contributed by atoms with E-state index in [-0.39, 0.29) is 16.6 Å². The number of carbonyl (C=O) groups is 1. The number of rotatable bonds is 5. The summed E-state index contributed by atoms with van der Waals surface area (Å²) in [5, 5.41) is 7.44. The fourth-order valence-corrected chi connectivity index (χ4v) is 4.35. The Kier molecular flexibility index (Phi) is 6.55. The zero-order valence-electron chi connectivity index (χ0n) is 17.3. The van der Waals surface area contributed by atoms with Gasteiger partial charge in [-0.1, -0.05) is 29.8 Å². The number of pyridine rings is 1. The van der Waals surface area contributed by atoms with Crippen LogP contribution >= 0.6 is 11.6 Å². The number of aromatic nitrogens is 1. The number of fused-ring (bicyclic) bond motifs is 1. The van der Waals surface area contributed by atoms with E-state index in [1.165, 1.54) is 0 Å². The van der Waals surface area contributed by atoms with E-state index in [4.69, 9.17) is 11.6 Å². The van der Waals surface area contributed by atoms with Gasteiger partial charge in [-0.3, -0.25) is 9.78 Å². The second-order valence-electron chi connectivity index (χ2n) is 8.15. The van der Waals surface area contributed by atoms with Crippen LogP contribution in [0.5, 0.6) is 0 Å². The van der Waals surface area contributed by atoms with Gasteiger partial charge in [0.05, 0.1) is 27.4 Å². The van der Waals surface area contributed by atoms with Crippen molar-refractivity contribution in [1.29, 1.82) is 0 Å². The number of anilines is 1. The molecule has 32 heavy (non-hydrogen) atoms. The summed E-state index contributed by atoms with van der Waals surface area (Å²) in [4.78, 5) is 17.0. The van der Waals surface area contributed by atoms with Gasteiger partial charge in [-0.05, 0) is 61.9 Å². The van der Waals surface area contributed by atoms with Gasteiger partial charge in [-0.25, -0.2) is 0 Å². The zero-order chi connectivity index (χ0) is 22.7. The lowest BCUT2D eigenvalue weighted by Crippen LogP contribution is -2.38. The monoisotopic (exact) mass is 461 g/mol. The van der Waals surface area contributed by atoms with Crippen molar-refractivity contribution in [2.24, 2.45) is 5.92 Å². The maximum Gasteiger partial charge on any atom is 0.416 e. The number of hydrogen-bond acceptors (Lipinski definition) is 3. The summed E-state index contributed by atoms with van der Waals surface area (Å²) in [7, 11) is 0. The lowest BCUT2D eigenvalue weighted by Gasteiger charge is -2.29. The Morgan fingerprint density at radius 1 is 1.06 bits per heavy atom. The van der Waals surface area contributed by atoms with Crippen LogP contribution in [0, 0.1) is 5.92 Å². The fraction of sp³-hybridized carbons (Fsp3) is 0.333. The average molecular weight is 462 g/mol. The maximum absolute atomic E-state index is 13.0. The molecule has 168 valence electrons. The third-order valence-electron chi connectivity index (χ3n) is 5.93. The van der Waals surface area contributed by atoms with Gasteiger partial charge in [-0.2, -0.15) is 13.2 Å². The van der Waals surface area contributed by atoms with E-state index >= 15 is 0 Å². The first-order valence-corrected chi connectivity index (χ1v) is 10.9. The minimum absolute atomic E-state index is 0.0112. The molecule has 1 amide bonds. The summed E-state index contributed by atoms with van der Waals surface area (Å²) < 4.78 is 38.9. The molecule has 0 aliphatic heterocycles. The van der Waals surface area contributed by atoms with Crippen LogP contribution < -0.4 is 10.6 Å². The van der Waals surface area contributed by atoms with E-state index in [1.54, 1.807) is 6.20 Å². The second kappa shape index (κ2) is 9.36. The van der Waals surface area contributed by atoms with Crippen molar-refractivity contribution < 1.29 is 18.0 Å². The van der Waals surface area contributed by atoms with E-state index < -0.39 is 17.6 Å². The van der Waals surface area contributed by atoms with Crippen LogP contribution in [0.25, 0.3) is 10.9 Å². The molecule has 1 saturated carbocycles. The lowest BCUT2D eigenvalue weighted by atomic mass is 9.85. The van der Waals surface area contributed by atoms with E-state index in [0.29, 0.717) is 5.92 Å². The SMILES string of the molecule is O=C(NC1CCC(CNc2cccc3cccnc23)CC1)c1cc(C(F)(F)F)ccc1Cl. The molecule has 2 aromatic carbocycles. The molecule has 1 aromatic heterocycles. The van der Waals surface area contributed by atoms with Gasteiger partial charge in [0.25, 0.3) is 5.91 Å². The second-order valence-corrected chi connectivity index (χ2v) is 8.55. The van der Waals surface area contributed by atoms with Gasteiger partial charge in [0, 0.05) is 24.2 Å². The fourth-order valence-electron chi connectivity index (χ4n) is 4.15. The molecule has 3 aromatic rings. The Morgan fingerprint density at radius 3 is 2.56 bits per heavy atom. The summed E-state index contributed by atoms with van der Waals surface area (Å²) >= 11 is 5.98. The molecule has 1 fully saturated rings. The standard InChI is InChI=1S/C24H23ClF3N3O/c25-20-11-8-17(24(26,27)28)13-19(20)23(32)31-18-9-6-15(7-10-18)14-30-21-5-1-3-16-4-2-12-29-22(16)21/h1-5,8,11-13,15,18,30H,6-7,9-10,14H2,(H,31,32). The summed E-state index contributed by atoms with van der Waals surface area (Å²) in [6.07, 6.45) is 0.603. The lowest BCUT2D eigenvalue weighted by molar-refractivity contribution is -0.137. The summed E-state index contributed by atoms with van der Waals surface area (Å²) in [6.45, 7) is 0.801. The highest BCUT2D eigenvalue weighted by atomic mass is 35.5. The number of nitrogens with zero attached hydrogens (tertiary/aromatic N) is 1. The van der Waals surface area contributed by atoms with Crippen molar-refractivity contribution >= 4 is 34.1 Å². The molecule has 2 N–H and O–H groups in total. The van der Waals surface area contributed by atoms with Crippen LogP contribution in [0.1, 0.15) is 41.6 Å². The maximum atomic E-state index is 13.0. The van der Waals surface area contributed by atoms with E-state index in [0.717, 1.165) is 67.0 Å². The van der Waals surface area contributed by atoms with Crippen molar-refractivity contribution in [3.05, 3.63) is 70.9 Å². The first kappa shape index (κ1) is 22.4. The van der Waals surface area contributed by atoms with Gasteiger partial charge in [0.15, 0.2) is 0 Å². The van der Waals surface area contributed by atoms with Crippen molar-refractivity contribution in [3.63, 3.8) is 0 Å². The average Bonchev–Trinajstić information content (AvgIpc) is 2.78. The van der Waals surface area contributed by atoms with Gasteiger partial charge in [0.2, 0.25) is 0 Å². The molecule has 8 heteroatoms. The van der Waals surface area contributed by atoms with Crippen LogP contribution in [0.15, 0.2) is 54.7 Å². The number of benzene rings is 2. The molecule has 0 radical (unpaired) electrons. The molecule has 0 spiro atoms. The molecule has 1 heterocycles. The van der Waals surface area contributed by atoms with Crippen LogP contribution in [0.4, 0.5) is 18.9 Å². The number of carbonyl (C=O) groups excluding carboxylic acids is 1. The van der Waals surface area contributed by atoms with Crippen LogP contribution in [-0.2, 0) is 6.18 Å². The largest absolute Gasteiger partial charge is 0.416 e. The highest BCUT2D eigenvalue weighted by Crippen LogP contribution is 2.32. The number of amides is 1. The minimum atomic E-state index is -4.52. The molecule has 4 rings (SSSR count). The van der Waals surface area contributed by atoms with E-state index in [1.807, 2.05) is 30.3 Å². The number of para-hydroxylation sites is 1. The predicted octanol–water partition coefficient (Wildman–Crippen LogP) is 6.31. The van der Waals surface area contributed by atoms with Crippen molar-refractivity contribution in [3.8, 4) is 0 Å². The molecule has 1 aliphatic carbocycles. The van der Waals surface area contributed by atoms with Gasteiger partial charge in [0.1, 0.15) is 0 Å². The quantitative estimate of drug-likeness (QED) is 0.468.